The lowest BCUT2D eigenvalue weighted by molar-refractivity contribution is 0.0689. The van der Waals surface area contributed by atoms with Crippen molar-refractivity contribution in [2.45, 2.75) is 37.2 Å². The fourth-order valence-electron chi connectivity index (χ4n) is 4.77. The predicted octanol–water partition coefficient (Wildman–Crippen LogP) is 4.81. The molecule has 1 saturated heterocycles. The summed E-state index contributed by atoms with van der Waals surface area (Å²) in [4.78, 5) is 17.9. The Hall–Kier alpha value is -3.16. The van der Waals surface area contributed by atoms with Crippen LogP contribution in [0.3, 0.4) is 0 Å². The molecule has 1 aliphatic heterocycles. The van der Waals surface area contributed by atoms with E-state index in [0.717, 1.165) is 19.5 Å². The zero-order chi connectivity index (χ0) is 25.0. The molecule has 3 aromatic carbocycles. The van der Waals surface area contributed by atoms with Gasteiger partial charge in [-0.15, -0.1) is 0 Å². The Kier molecular flexibility index (Phi) is 7.57. The van der Waals surface area contributed by atoms with Gasteiger partial charge in [0.05, 0.1) is 10.6 Å². The van der Waals surface area contributed by atoms with Crippen LogP contribution >= 0.6 is 0 Å². The third-order valence-corrected chi connectivity index (χ3v) is 8.71. The molecule has 184 valence electrons. The summed E-state index contributed by atoms with van der Waals surface area (Å²) in [5.41, 5.74) is 2.23. The van der Waals surface area contributed by atoms with Crippen molar-refractivity contribution in [3.05, 3.63) is 96.1 Å². The Morgan fingerprint density at radius 1 is 1.00 bits per heavy atom. The van der Waals surface area contributed by atoms with Gasteiger partial charge in [0.25, 0.3) is 15.9 Å². The normalized spacial score (nSPS) is 17.2. The molecule has 35 heavy (non-hydrogen) atoms. The van der Waals surface area contributed by atoms with Crippen LogP contribution in [-0.2, 0) is 10.0 Å². The topological polar surface area (TPSA) is 60.9 Å². The molecule has 1 heterocycles. The van der Waals surface area contributed by atoms with Crippen molar-refractivity contribution in [1.82, 2.24) is 9.80 Å². The quantitative estimate of drug-likeness (QED) is 0.454. The van der Waals surface area contributed by atoms with Crippen molar-refractivity contribution in [2.75, 3.05) is 31.0 Å². The van der Waals surface area contributed by atoms with Crippen LogP contribution in [0.25, 0.3) is 0 Å². The number of carbonyl (C=O) groups is 1. The molecule has 0 bridgehead atoms. The molecule has 1 aliphatic rings. The van der Waals surface area contributed by atoms with Gasteiger partial charge in [0, 0.05) is 44.3 Å². The predicted molar refractivity (Wildman–Crippen MR) is 140 cm³/mol. The second-order valence-electron chi connectivity index (χ2n) is 8.95. The van der Waals surface area contributed by atoms with E-state index >= 15 is 0 Å². The Morgan fingerprint density at radius 3 is 2.31 bits per heavy atom. The molecule has 6 nitrogen and oxygen atoms in total. The van der Waals surface area contributed by atoms with Gasteiger partial charge in [-0.25, -0.2) is 8.42 Å². The average Bonchev–Trinajstić information content (AvgIpc) is 3.39. The maximum absolute atomic E-state index is 13.5. The number of para-hydroxylation sites is 1. The number of benzene rings is 3. The minimum Gasteiger partial charge on any atom is -0.335 e. The third-order valence-electron chi connectivity index (χ3n) is 6.93. The van der Waals surface area contributed by atoms with Crippen molar-refractivity contribution in [2.24, 2.45) is 0 Å². The summed E-state index contributed by atoms with van der Waals surface area (Å²) >= 11 is 0. The number of sulfonamides is 1. The first-order valence-corrected chi connectivity index (χ1v) is 13.5. The third kappa shape index (κ3) is 5.26. The summed E-state index contributed by atoms with van der Waals surface area (Å²) in [5.74, 6) is -0.133. The van der Waals surface area contributed by atoms with Crippen LogP contribution in [0.1, 0.15) is 42.2 Å². The van der Waals surface area contributed by atoms with Gasteiger partial charge < -0.3 is 4.90 Å². The highest BCUT2D eigenvalue weighted by atomic mass is 32.2. The van der Waals surface area contributed by atoms with Crippen molar-refractivity contribution in [3.8, 4) is 0 Å². The van der Waals surface area contributed by atoms with E-state index in [1.54, 1.807) is 42.5 Å². The first-order valence-electron chi connectivity index (χ1n) is 12.1. The molecular formula is C28H33N3O3S. The lowest BCUT2D eigenvalue weighted by atomic mass is 10.1. The fraction of sp³-hybridized carbons (Fsp3) is 0.321. The molecule has 1 fully saturated rings. The van der Waals surface area contributed by atoms with Crippen LogP contribution in [0, 0.1) is 0 Å². The Bertz CT molecular complexity index is 1250. The minimum absolute atomic E-state index is 0.0888. The molecule has 7 heteroatoms. The van der Waals surface area contributed by atoms with Gasteiger partial charge in [-0.2, -0.15) is 0 Å². The molecule has 2 unspecified atom stereocenters. The summed E-state index contributed by atoms with van der Waals surface area (Å²) < 4.78 is 27.7. The number of anilines is 1. The number of carbonyl (C=O) groups excluding carboxylic acids is 1. The molecular weight excluding hydrogens is 458 g/mol. The smallest absolute Gasteiger partial charge is 0.264 e. The van der Waals surface area contributed by atoms with E-state index < -0.39 is 10.0 Å². The number of likely N-dealkylation sites (N-methyl/N-ethyl adjacent to an activating group) is 1. The van der Waals surface area contributed by atoms with E-state index in [4.69, 9.17) is 0 Å². The zero-order valence-corrected chi connectivity index (χ0v) is 21.4. The molecule has 0 radical (unpaired) electrons. The summed E-state index contributed by atoms with van der Waals surface area (Å²) in [6.07, 6.45) is 0.894. The maximum Gasteiger partial charge on any atom is 0.264 e. The number of likely N-dealkylation sites (tertiary alicyclic amines) is 1. The van der Waals surface area contributed by atoms with E-state index in [9.17, 15) is 13.2 Å². The van der Waals surface area contributed by atoms with E-state index in [2.05, 4.69) is 36.1 Å². The second kappa shape index (κ2) is 10.6. The number of rotatable bonds is 8. The standard InChI is InChI=1S/C28H33N3O3S/c1-4-31(26-18-19-30(21-26)22(2)23-12-7-5-8-13-23)28(32)24-14-11-17-27(20-24)35(33,34)29(3)25-15-9-6-10-16-25/h5-17,20,22,26H,4,18-19,21H2,1-3H3. The molecule has 0 aromatic heterocycles. The van der Waals surface area contributed by atoms with Crippen LogP contribution < -0.4 is 4.31 Å². The highest BCUT2D eigenvalue weighted by molar-refractivity contribution is 7.92. The highest BCUT2D eigenvalue weighted by Gasteiger charge is 2.33. The van der Waals surface area contributed by atoms with Gasteiger partial charge in [-0.1, -0.05) is 54.6 Å². The minimum atomic E-state index is -3.80. The summed E-state index contributed by atoms with van der Waals surface area (Å²) in [7, 11) is -2.27. The van der Waals surface area contributed by atoms with Gasteiger partial charge in [0.1, 0.15) is 0 Å². The van der Waals surface area contributed by atoms with Crippen LogP contribution in [0.4, 0.5) is 5.69 Å². The Labute approximate surface area is 208 Å². The van der Waals surface area contributed by atoms with Crippen molar-refractivity contribution < 1.29 is 13.2 Å². The summed E-state index contributed by atoms with van der Waals surface area (Å²) in [5, 5.41) is 0. The molecule has 0 spiro atoms. The van der Waals surface area contributed by atoms with Crippen molar-refractivity contribution >= 4 is 21.6 Å². The van der Waals surface area contributed by atoms with Crippen molar-refractivity contribution in [1.29, 1.82) is 0 Å². The molecule has 2 atom stereocenters. The zero-order valence-electron chi connectivity index (χ0n) is 20.5. The molecule has 3 aromatic rings. The van der Waals surface area contributed by atoms with Gasteiger partial charge in [-0.05, 0) is 56.2 Å². The van der Waals surface area contributed by atoms with Crippen LogP contribution in [0.15, 0.2) is 89.8 Å². The summed E-state index contributed by atoms with van der Waals surface area (Å²) in [6.45, 7) is 6.46. The van der Waals surface area contributed by atoms with E-state index in [1.165, 1.54) is 23.0 Å². The van der Waals surface area contributed by atoms with Gasteiger partial charge in [0.2, 0.25) is 0 Å². The van der Waals surface area contributed by atoms with Crippen LogP contribution in [0.2, 0.25) is 0 Å². The average molecular weight is 492 g/mol. The maximum atomic E-state index is 13.5. The molecule has 0 N–H and O–H groups in total. The molecule has 0 aliphatic carbocycles. The lowest BCUT2D eigenvalue weighted by Gasteiger charge is -2.30. The molecule has 0 saturated carbocycles. The largest absolute Gasteiger partial charge is 0.335 e. The van der Waals surface area contributed by atoms with Gasteiger partial charge in [-0.3, -0.25) is 14.0 Å². The molecule has 4 rings (SSSR count). The lowest BCUT2D eigenvalue weighted by Crippen LogP contribution is -2.42. The monoisotopic (exact) mass is 491 g/mol. The number of nitrogens with zero attached hydrogens (tertiary/aromatic N) is 3. The first kappa shape index (κ1) is 24.9. The highest BCUT2D eigenvalue weighted by Crippen LogP contribution is 2.28. The first-order chi connectivity index (χ1) is 16.8. The number of amides is 1. The van der Waals surface area contributed by atoms with Crippen molar-refractivity contribution in [3.63, 3.8) is 0 Å². The van der Waals surface area contributed by atoms with Gasteiger partial charge >= 0.3 is 0 Å². The Morgan fingerprint density at radius 2 is 1.66 bits per heavy atom. The number of hydrogen-bond acceptors (Lipinski definition) is 4. The van der Waals surface area contributed by atoms with Gasteiger partial charge in [0.15, 0.2) is 0 Å². The van der Waals surface area contributed by atoms with Crippen LogP contribution in [-0.4, -0.2) is 56.8 Å². The van der Waals surface area contributed by atoms with E-state index in [0.29, 0.717) is 17.8 Å². The summed E-state index contributed by atoms with van der Waals surface area (Å²) in [6, 6.07) is 26.1. The van der Waals surface area contributed by atoms with E-state index in [-0.39, 0.29) is 22.9 Å². The second-order valence-corrected chi connectivity index (χ2v) is 10.9. The fourth-order valence-corrected chi connectivity index (χ4v) is 6.02. The number of hydrogen-bond donors (Lipinski definition) is 0. The van der Waals surface area contributed by atoms with Crippen LogP contribution in [0.5, 0.6) is 0 Å². The molecule has 1 amide bonds. The SMILES string of the molecule is CCN(C(=O)c1cccc(S(=O)(=O)N(C)c2ccccc2)c1)C1CCN(C(C)c2ccccc2)C1. The van der Waals surface area contributed by atoms with E-state index in [1.807, 2.05) is 24.0 Å². The Balaban J connectivity index is 1.51.